The van der Waals surface area contributed by atoms with E-state index in [0.717, 1.165) is 0 Å². The molecule has 0 radical (unpaired) electrons. The van der Waals surface area contributed by atoms with Crippen LogP contribution in [-0.4, -0.2) is 30.9 Å². The van der Waals surface area contributed by atoms with Crippen LogP contribution in [0.4, 0.5) is 0 Å². The van der Waals surface area contributed by atoms with Crippen LogP contribution in [0.2, 0.25) is 10.0 Å². The van der Waals surface area contributed by atoms with Gasteiger partial charge >= 0.3 is 5.97 Å². The molecular formula is C26H20BrCl2N3O5S. The molecule has 0 bridgehead atoms. The van der Waals surface area contributed by atoms with Gasteiger partial charge in [0.1, 0.15) is 12.1 Å². The summed E-state index contributed by atoms with van der Waals surface area (Å²) in [4.78, 5) is 31.8. The number of hydrogen-bond donors (Lipinski definition) is 0. The molecule has 12 heteroatoms. The molecule has 0 amide bonds. The van der Waals surface area contributed by atoms with Gasteiger partial charge in [-0.05, 0) is 59.6 Å². The van der Waals surface area contributed by atoms with E-state index in [9.17, 15) is 9.59 Å². The largest absolute Gasteiger partial charge is 0.493 e. The number of rotatable bonds is 7. The van der Waals surface area contributed by atoms with E-state index in [0.29, 0.717) is 47.2 Å². The molecule has 0 aliphatic carbocycles. The fourth-order valence-electron chi connectivity index (χ4n) is 4.04. The van der Waals surface area contributed by atoms with Crippen molar-refractivity contribution in [2.45, 2.75) is 19.9 Å². The van der Waals surface area contributed by atoms with Crippen molar-refractivity contribution in [1.29, 1.82) is 5.26 Å². The second-order valence-electron chi connectivity index (χ2n) is 7.93. The highest BCUT2D eigenvalue weighted by Crippen LogP contribution is 2.38. The highest BCUT2D eigenvalue weighted by Gasteiger charge is 2.34. The summed E-state index contributed by atoms with van der Waals surface area (Å²) in [5.74, 6) is 0.168. The number of benzene rings is 2. The molecule has 4 rings (SSSR count). The van der Waals surface area contributed by atoms with Gasteiger partial charge in [0.15, 0.2) is 22.9 Å². The molecule has 2 heterocycles. The molecule has 8 nitrogen and oxygen atoms in total. The Morgan fingerprint density at radius 3 is 2.79 bits per heavy atom. The third-order valence-electron chi connectivity index (χ3n) is 5.62. The van der Waals surface area contributed by atoms with E-state index >= 15 is 0 Å². The summed E-state index contributed by atoms with van der Waals surface area (Å²) < 4.78 is 18.5. The molecule has 0 unspecified atom stereocenters. The van der Waals surface area contributed by atoms with Crippen molar-refractivity contribution >= 4 is 62.5 Å². The maximum atomic E-state index is 13.8. The van der Waals surface area contributed by atoms with Gasteiger partial charge in [-0.25, -0.2) is 9.79 Å². The summed E-state index contributed by atoms with van der Waals surface area (Å²) in [6.07, 6.45) is 1.69. The predicted molar refractivity (Wildman–Crippen MR) is 149 cm³/mol. The van der Waals surface area contributed by atoms with E-state index in [1.165, 1.54) is 23.0 Å². The normalized spacial score (nSPS) is 15.0. The number of fused-ring (bicyclic) bond motifs is 1. The molecule has 38 heavy (non-hydrogen) atoms. The molecule has 1 aliphatic rings. The summed E-state index contributed by atoms with van der Waals surface area (Å²) in [6, 6.07) is 9.52. The highest BCUT2D eigenvalue weighted by atomic mass is 79.9. The number of halogens is 3. The number of allylic oxidation sites excluding steroid dienone is 1. The van der Waals surface area contributed by atoms with Crippen LogP contribution in [0.5, 0.6) is 11.5 Å². The number of carbonyl (C=O) groups excluding carboxylic acids is 1. The molecule has 196 valence electrons. The number of thiazole rings is 1. The second kappa shape index (κ2) is 11.7. The maximum absolute atomic E-state index is 13.8. The first kappa shape index (κ1) is 27.9. The number of hydrogen-bond acceptors (Lipinski definition) is 8. The van der Waals surface area contributed by atoms with Gasteiger partial charge in [-0.15, -0.1) is 0 Å². The van der Waals surface area contributed by atoms with Crippen molar-refractivity contribution in [2.24, 2.45) is 4.99 Å². The van der Waals surface area contributed by atoms with E-state index in [1.54, 1.807) is 50.3 Å². The van der Waals surface area contributed by atoms with Crippen LogP contribution in [0.15, 0.2) is 55.9 Å². The fraction of sp³-hybridized carbons (Fsp3) is 0.231. The zero-order valence-electron chi connectivity index (χ0n) is 20.4. The van der Waals surface area contributed by atoms with Crippen molar-refractivity contribution in [3.63, 3.8) is 0 Å². The topological polar surface area (TPSA) is 103 Å². The molecule has 0 fully saturated rings. The maximum Gasteiger partial charge on any atom is 0.338 e. The number of esters is 1. The van der Waals surface area contributed by atoms with Crippen LogP contribution < -0.4 is 24.4 Å². The standard InChI is InChI=1S/C26H20BrCl2N3O5S/c1-4-36-25(34)20-13(2)31-26-32(22(20)15-6-5-7-17(28)21(15)29)24(33)19(38-26)12-14-10-16(27)23(37-9-8-30)18(11-14)35-3/h5-7,10-12,22H,4,9H2,1-3H3/b19-12-/t22-/m1/s1. The Morgan fingerprint density at radius 1 is 1.34 bits per heavy atom. The number of nitrogens with zero attached hydrogens (tertiary/aromatic N) is 3. The molecule has 2 aromatic carbocycles. The Morgan fingerprint density at radius 2 is 2.11 bits per heavy atom. The van der Waals surface area contributed by atoms with E-state index in [4.69, 9.17) is 42.7 Å². The molecule has 0 spiro atoms. The summed E-state index contributed by atoms with van der Waals surface area (Å²) >= 11 is 17.5. The van der Waals surface area contributed by atoms with Gasteiger partial charge in [0, 0.05) is 5.56 Å². The van der Waals surface area contributed by atoms with Gasteiger partial charge in [0.25, 0.3) is 5.56 Å². The lowest BCUT2D eigenvalue weighted by atomic mass is 9.96. The molecule has 1 aromatic heterocycles. The zero-order chi connectivity index (χ0) is 27.6. The second-order valence-corrected chi connectivity index (χ2v) is 10.6. The number of ether oxygens (including phenoxy) is 3. The van der Waals surface area contributed by atoms with E-state index in [2.05, 4.69) is 20.9 Å². The van der Waals surface area contributed by atoms with E-state index < -0.39 is 12.0 Å². The van der Waals surface area contributed by atoms with Crippen LogP contribution in [0.1, 0.15) is 31.0 Å². The Bertz CT molecular complexity index is 1690. The summed E-state index contributed by atoms with van der Waals surface area (Å²) in [5.41, 5.74) is 1.37. The van der Waals surface area contributed by atoms with Crippen molar-refractivity contribution in [2.75, 3.05) is 20.3 Å². The smallest absolute Gasteiger partial charge is 0.338 e. The first-order valence-electron chi connectivity index (χ1n) is 11.2. The van der Waals surface area contributed by atoms with Crippen LogP contribution in [0.25, 0.3) is 6.08 Å². The quantitative estimate of drug-likeness (QED) is 0.346. The number of methoxy groups -OCH3 is 1. The first-order valence-corrected chi connectivity index (χ1v) is 13.6. The van der Waals surface area contributed by atoms with Crippen LogP contribution in [0, 0.1) is 11.3 Å². The van der Waals surface area contributed by atoms with Crippen LogP contribution in [-0.2, 0) is 9.53 Å². The minimum atomic E-state index is -0.887. The lowest BCUT2D eigenvalue weighted by molar-refractivity contribution is -0.139. The Kier molecular flexibility index (Phi) is 8.63. The fourth-order valence-corrected chi connectivity index (χ4v) is 6.07. The van der Waals surface area contributed by atoms with Gasteiger partial charge in [0.05, 0.1) is 44.0 Å². The third kappa shape index (κ3) is 5.24. The molecule has 1 atom stereocenters. The lowest BCUT2D eigenvalue weighted by Crippen LogP contribution is -2.40. The lowest BCUT2D eigenvalue weighted by Gasteiger charge is -2.25. The molecule has 0 saturated heterocycles. The van der Waals surface area contributed by atoms with E-state index in [1.807, 2.05) is 6.07 Å². The Hall–Kier alpha value is -3.10. The first-order chi connectivity index (χ1) is 18.2. The summed E-state index contributed by atoms with van der Waals surface area (Å²) in [5, 5.41) is 9.37. The number of carbonyl (C=O) groups is 1. The Balaban J connectivity index is 1.94. The van der Waals surface area contributed by atoms with Crippen molar-refractivity contribution in [3.05, 3.63) is 86.9 Å². The van der Waals surface area contributed by atoms with Crippen LogP contribution in [0.3, 0.4) is 0 Å². The van der Waals surface area contributed by atoms with Gasteiger partial charge < -0.3 is 14.2 Å². The highest BCUT2D eigenvalue weighted by molar-refractivity contribution is 9.10. The molecular weight excluding hydrogens is 617 g/mol. The Labute approximate surface area is 240 Å². The van der Waals surface area contributed by atoms with Crippen molar-refractivity contribution in [1.82, 2.24) is 4.57 Å². The predicted octanol–water partition coefficient (Wildman–Crippen LogP) is 4.78. The molecule has 0 N–H and O–H groups in total. The molecule has 3 aromatic rings. The van der Waals surface area contributed by atoms with Gasteiger partial charge in [-0.2, -0.15) is 5.26 Å². The molecule has 1 aliphatic heterocycles. The van der Waals surface area contributed by atoms with Gasteiger partial charge in [-0.1, -0.05) is 46.7 Å². The third-order valence-corrected chi connectivity index (χ3v) is 8.03. The zero-order valence-corrected chi connectivity index (χ0v) is 24.3. The minimum absolute atomic E-state index is 0.152. The van der Waals surface area contributed by atoms with Gasteiger partial charge in [-0.3, -0.25) is 9.36 Å². The molecule has 0 saturated carbocycles. The average Bonchev–Trinajstić information content (AvgIpc) is 3.18. The summed E-state index contributed by atoms with van der Waals surface area (Å²) in [7, 11) is 1.48. The van der Waals surface area contributed by atoms with Gasteiger partial charge in [0.2, 0.25) is 0 Å². The number of aromatic nitrogens is 1. The number of nitriles is 1. The average molecular weight is 637 g/mol. The van der Waals surface area contributed by atoms with E-state index in [-0.39, 0.29) is 29.4 Å². The summed E-state index contributed by atoms with van der Waals surface area (Å²) in [6.45, 7) is 3.39. The van der Waals surface area contributed by atoms with Crippen molar-refractivity contribution < 1.29 is 19.0 Å². The van der Waals surface area contributed by atoms with Crippen molar-refractivity contribution in [3.8, 4) is 17.6 Å². The minimum Gasteiger partial charge on any atom is -0.493 e. The monoisotopic (exact) mass is 635 g/mol. The SMILES string of the molecule is CCOC(=O)C1=C(C)N=c2s/c(=C\c3cc(Br)c(OCC#N)c(OC)c3)c(=O)n2[C@@H]1c1cccc(Cl)c1Cl. The van der Waals surface area contributed by atoms with Crippen LogP contribution >= 0.6 is 50.5 Å².